The molecule has 4 rings (SSSR count). The number of rotatable bonds is 7. The van der Waals surface area contributed by atoms with E-state index in [9.17, 15) is 14.0 Å². The first-order chi connectivity index (χ1) is 20.0. The lowest BCUT2D eigenvalue weighted by Crippen LogP contribution is -2.40. The summed E-state index contributed by atoms with van der Waals surface area (Å²) in [6.45, 7) is 8.57. The number of carbonyl (C=O) groups excluding carboxylic acids is 2. The molecule has 1 aliphatic heterocycles. The number of aromatic nitrogens is 1. The molecule has 42 heavy (non-hydrogen) atoms. The third-order valence-electron chi connectivity index (χ3n) is 7.05. The number of piperidine rings is 1. The van der Waals surface area contributed by atoms with Crippen LogP contribution in [-0.2, 0) is 4.74 Å². The molecule has 1 fully saturated rings. The molecule has 1 N–H and O–H groups in total. The fourth-order valence-electron chi connectivity index (χ4n) is 4.88. The average Bonchev–Trinajstić information content (AvgIpc) is 2.97. The lowest BCUT2D eigenvalue weighted by molar-refractivity contribution is 0.0236. The molecule has 0 bridgehead atoms. The van der Waals surface area contributed by atoms with Gasteiger partial charge in [0.2, 0.25) is 0 Å². The van der Waals surface area contributed by atoms with Gasteiger partial charge in [-0.05, 0) is 74.9 Å². The van der Waals surface area contributed by atoms with Crippen LogP contribution in [0.15, 0.2) is 66.4 Å². The van der Waals surface area contributed by atoms with Gasteiger partial charge in [0.05, 0.1) is 25.8 Å². The van der Waals surface area contributed by atoms with Gasteiger partial charge in [-0.1, -0.05) is 42.0 Å². The first kappa shape index (κ1) is 30.6. The van der Waals surface area contributed by atoms with Crippen LogP contribution in [0.4, 0.5) is 9.18 Å². The Morgan fingerprint density at radius 3 is 2.07 bits per heavy atom. The van der Waals surface area contributed by atoms with Gasteiger partial charge < -0.3 is 24.4 Å². The van der Waals surface area contributed by atoms with Gasteiger partial charge in [0, 0.05) is 25.4 Å². The Kier molecular flexibility index (Phi) is 9.50. The van der Waals surface area contributed by atoms with Crippen molar-refractivity contribution in [1.82, 2.24) is 15.2 Å². The van der Waals surface area contributed by atoms with Gasteiger partial charge >= 0.3 is 6.09 Å². The highest BCUT2D eigenvalue weighted by Crippen LogP contribution is 2.34. The lowest BCUT2D eigenvalue weighted by Gasteiger charge is -2.32. The number of hydrogen-bond donors (Lipinski definition) is 1. The zero-order valence-electron chi connectivity index (χ0n) is 25.0. The molecule has 222 valence electrons. The van der Waals surface area contributed by atoms with E-state index in [0.717, 1.165) is 22.3 Å². The second-order valence-electron chi connectivity index (χ2n) is 11.2. The van der Waals surface area contributed by atoms with Crippen molar-refractivity contribution in [1.29, 1.82) is 0 Å². The molecule has 1 aliphatic rings. The first-order valence-electron chi connectivity index (χ1n) is 13.9. The van der Waals surface area contributed by atoms with Crippen molar-refractivity contribution in [2.75, 3.05) is 27.3 Å². The van der Waals surface area contributed by atoms with Crippen LogP contribution >= 0.6 is 0 Å². The number of amides is 2. The van der Waals surface area contributed by atoms with Crippen LogP contribution in [0.5, 0.6) is 11.6 Å². The van der Waals surface area contributed by atoms with Crippen molar-refractivity contribution >= 4 is 17.6 Å². The molecule has 1 saturated heterocycles. The Morgan fingerprint density at radius 2 is 1.52 bits per heavy atom. The molecule has 0 radical (unpaired) electrons. The molecule has 0 saturated carbocycles. The van der Waals surface area contributed by atoms with E-state index < -0.39 is 5.60 Å². The monoisotopic (exact) mass is 575 g/mol. The number of carbonyl (C=O) groups is 2. The largest absolute Gasteiger partial charge is 0.491 e. The molecule has 2 aromatic carbocycles. The lowest BCUT2D eigenvalue weighted by atomic mass is 9.88. The summed E-state index contributed by atoms with van der Waals surface area (Å²) < 4.78 is 29.8. The van der Waals surface area contributed by atoms with Gasteiger partial charge in [0.25, 0.3) is 11.8 Å². The van der Waals surface area contributed by atoms with E-state index in [0.29, 0.717) is 43.1 Å². The van der Waals surface area contributed by atoms with Crippen LogP contribution in [0, 0.1) is 5.82 Å². The smallest absolute Gasteiger partial charge is 0.410 e. The number of halogens is 1. The highest BCUT2D eigenvalue weighted by atomic mass is 19.1. The first-order valence-corrected chi connectivity index (χ1v) is 13.9. The van der Waals surface area contributed by atoms with Crippen LogP contribution in [-0.4, -0.2) is 54.8 Å². The summed E-state index contributed by atoms with van der Waals surface area (Å²) in [6, 6.07) is 15.8. The topological polar surface area (TPSA) is 90.0 Å². The van der Waals surface area contributed by atoms with Crippen molar-refractivity contribution in [3.63, 3.8) is 0 Å². The molecule has 8 nitrogen and oxygen atoms in total. The predicted molar refractivity (Wildman–Crippen MR) is 159 cm³/mol. The van der Waals surface area contributed by atoms with Crippen molar-refractivity contribution in [2.24, 2.45) is 0 Å². The summed E-state index contributed by atoms with van der Waals surface area (Å²) in [5.41, 5.74) is 4.83. The minimum atomic E-state index is -0.552. The van der Waals surface area contributed by atoms with Crippen molar-refractivity contribution in [2.45, 2.75) is 52.2 Å². The van der Waals surface area contributed by atoms with E-state index in [1.54, 1.807) is 23.1 Å². The third kappa shape index (κ3) is 7.46. The maximum atomic E-state index is 13.8. The van der Waals surface area contributed by atoms with Gasteiger partial charge in [0.1, 0.15) is 11.4 Å². The van der Waals surface area contributed by atoms with Crippen LogP contribution < -0.4 is 14.8 Å². The fraction of sp³-hybridized carbons (Fsp3) is 0.364. The maximum Gasteiger partial charge on any atom is 0.410 e. The number of nitrogens with zero attached hydrogens (tertiary/aromatic N) is 2. The molecule has 0 spiro atoms. The van der Waals surface area contributed by atoms with Crippen molar-refractivity contribution in [3.8, 4) is 11.6 Å². The van der Waals surface area contributed by atoms with E-state index in [-0.39, 0.29) is 23.9 Å². The molecule has 3 aromatic rings. The normalized spacial score (nSPS) is 14.2. The zero-order chi connectivity index (χ0) is 30.4. The molecule has 2 heterocycles. The Hall–Kier alpha value is -4.40. The summed E-state index contributed by atoms with van der Waals surface area (Å²) in [6.07, 6.45) is 2.50. The van der Waals surface area contributed by atoms with Crippen molar-refractivity contribution in [3.05, 3.63) is 94.4 Å². The summed E-state index contributed by atoms with van der Waals surface area (Å²) in [4.78, 5) is 31.4. The molecular formula is C33H38FN3O5. The van der Waals surface area contributed by atoms with Gasteiger partial charge in [-0.25, -0.2) is 14.2 Å². The number of pyridine rings is 1. The van der Waals surface area contributed by atoms with Crippen molar-refractivity contribution < 1.29 is 28.2 Å². The molecule has 2 amide bonds. The zero-order valence-corrected chi connectivity index (χ0v) is 25.0. The van der Waals surface area contributed by atoms with Gasteiger partial charge in [0.15, 0.2) is 5.75 Å². The molecule has 9 heteroatoms. The number of benzene rings is 2. The Morgan fingerprint density at radius 1 is 0.929 bits per heavy atom. The number of nitrogens with one attached hydrogen (secondary N) is 1. The number of hydrogen-bond acceptors (Lipinski definition) is 6. The molecule has 0 aliphatic carbocycles. The molecule has 0 unspecified atom stereocenters. The maximum absolute atomic E-state index is 13.8. The van der Waals surface area contributed by atoms with E-state index in [4.69, 9.17) is 14.2 Å². The Labute approximate surface area is 246 Å². The highest BCUT2D eigenvalue weighted by Gasteiger charge is 2.26. The van der Waals surface area contributed by atoms with E-state index in [1.807, 2.05) is 52.0 Å². The average molecular weight is 576 g/mol. The van der Waals surface area contributed by atoms with Crippen LogP contribution in [0.2, 0.25) is 0 Å². The minimum absolute atomic E-state index is 0.279. The summed E-state index contributed by atoms with van der Waals surface area (Å²) >= 11 is 0. The van der Waals surface area contributed by atoms with Gasteiger partial charge in [-0.2, -0.15) is 0 Å². The number of likely N-dealkylation sites (tertiary alicyclic amines) is 1. The summed E-state index contributed by atoms with van der Waals surface area (Å²) in [5.74, 6) is 0.0954. The van der Waals surface area contributed by atoms with Crippen LogP contribution in [0.25, 0.3) is 5.57 Å². The van der Waals surface area contributed by atoms with Gasteiger partial charge in [-0.15, -0.1) is 0 Å². The fourth-order valence-corrected chi connectivity index (χ4v) is 4.88. The van der Waals surface area contributed by atoms with E-state index in [1.165, 1.54) is 38.1 Å². The second kappa shape index (κ2) is 13.1. The SMILES string of the molecule is COc1cc(C(=O)N[C@H](C)c2ccc(C(=C3CCN(C(=O)OC(C)(C)C)CC3)c3ccc(F)cc3)cc2)cnc1OC. The number of ether oxygens (including phenoxy) is 3. The minimum Gasteiger partial charge on any atom is -0.491 e. The standard InChI is InChI=1S/C33H38FN3O5/c1-21(36-30(38)26-19-28(40-5)31(41-6)35-20-26)22-7-9-23(10-8-22)29(24-11-13-27(34)14-12-24)25-15-17-37(18-16-25)32(39)42-33(2,3)4/h7-14,19-21H,15-18H2,1-6H3,(H,36,38)/t21-/m1/s1. The quantitative estimate of drug-likeness (QED) is 0.343. The summed E-state index contributed by atoms with van der Waals surface area (Å²) in [7, 11) is 2.98. The van der Waals surface area contributed by atoms with E-state index >= 15 is 0 Å². The Balaban J connectivity index is 1.54. The van der Waals surface area contributed by atoms with E-state index in [2.05, 4.69) is 10.3 Å². The Bertz CT molecular complexity index is 1440. The molecule has 1 aromatic heterocycles. The van der Waals surface area contributed by atoms with Crippen LogP contribution in [0.3, 0.4) is 0 Å². The molecular weight excluding hydrogens is 537 g/mol. The predicted octanol–water partition coefficient (Wildman–Crippen LogP) is 6.56. The number of methoxy groups -OCH3 is 2. The molecule has 1 atom stereocenters. The second-order valence-corrected chi connectivity index (χ2v) is 11.2. The summed E-state index contributed by atoms with van der Waals surface area (Å²) in [5, 5.41) is 3.00. The highest BCUT2D eigenvalue weighted by molar-refractivity contribution is 5.94. The van der Waals surface area contributed by atoms with Gasteiger partial charge in [-0.3, -0.25) is 4.79 Å². The third-order valence-corrected chi connectivity index (χ3v) is 7.05. The van der Waals surface area contributed by atoms with Crippen LogP contribution in [0.1, 0.15) is 73.6 Å².